The molecule has 2 aromatic rings. The van der Waals surface area contributed by atoms with Crippen LogP contribution in [-0.2, 0) is 0 Å². The van der Waals surface area contributed by atoms with Crippen LogP contribution in [0.15, 0.2) is 35.2 Å². The highest BCUT2D eigenvalue weighted by atomic mass is 79.9. The molecule has 0 saturated carbocycles. The van der Waals surface area contributed by atoms with Gasteiger partial charge in [0.05, 0.1) is 23.6 Å². The molecule has 2 heterocycles. The molecule has 7 heteroatoms. The summed E-state index contributed by atoms with van der Waals surface area (Å²) < 4.78 is 6.21. The molecule has 2 rings (SSSR count). The molecule has 0 fully saturated rings. The number of carbonyl (C=O) groups excluding carboxylic acids is 1. The van der Waals surface area contributed by atoms with Crippen molar-refractivity contribution in [1.82, 2.24) is 9.97 Å². The number of anilines is 1. The van der Waals surface area contributed by atoms with Gasteiger partial charge in [-0.2, -0.15) is 0 Å². The SMILES string of the molecule is NC(=O)c1cc(Oc2cncc(Br)c2)ncc1N. The quantitative estimate of drug-likeness (QED) is 0.898. The van der Waals surface area contributed by atoms with E-state index in [4.69, 9.17) is 16.2 Å². The van der Waals surface area contributed by atoms with Crippen molar-refractivity contribution < 1.29 is 9.53 Å². The van der Waals surface area contributed by atoms with Crippen molar-refractivity contribution in [3.8, 4) is 11.6 Å². The van der Waals surface area contributed by atoms with Crippen LogP contribution >= 0.6 is 15.9 Å². The van der Waals surface area contributed by atoms with Crippen molar-refractivity contribution in [2.45, 2.75) is 0 Å². The molecule has 6 nitrogen and oxygen atoms in total. The van der Waals surface area contributed by atoms with E-state index in [-0.39, 0.29) is 17.1 Å². The van der Waals surface area contributed by atoms with Crippen LogP contribution in [0.1, 0.15) is 10.4 Å². The van der Waals surface area contributed by atoms with Gasteiger partial charge in [0.25, 0.3) is 5.91 Å². The number of halogens is 1. The number of nitrogens with zero attached hydrogens (tertiary/aromatic N) is 2. The molecule has 4 N–H and O–H groups in total. The molecular weight excluding hydrogens is 300 g/mol. The van der Waals surface area contributed by atoms with Gasteiger partial charge in [-0.15, -0.1) is 0 Å². The Morgan fingerprint density at radius 1 is 1.28 bits per heavy atom. The van der Waals surface area contributed by atoms with Gasteiger partial charge in [0.1, 0.15) is 5.75 Å². The van der Waals surface area contributed by atoms with Gasteiger partial charge in [-0.1, -0.05) is 0 Å². The number of hydrogen-bond acceptors (Lipinski definition) is 5. The molecule has 0 radical (unpaired) electrons. The van der Waals surface area contributed by atoms with E-state index in [1.165, 1.54) is 18.5 Å². The number of nitrogens with two attached hydrogens (primary N) is 2. The maximum atomic E-state index is 11.1. The maximum absolute atomic E-state index is 11.1. The van der Waals surface area contributed by atoms with Gasteiger partial charge in [0.2, 0.25) is 5.88 Å². The Hall–Kier alpha value is -2.15. The van der Waals surface area contributed by atoms with E-state index in [1.54, 1.807) is 12.3 Å². The molecule has 0 bridgehead atoms. The van der Waals surface area contributed by atoms with Crippen molar-refractivity contribution in [3.05, 3.63) is 40.8 Å². The third-order valence-electron chi connectivity index (χ3n) is 2.08. The van der Waals surface area contributed by atoms with Gasteiger partial charge >= 0.3 is 0 Å². The molecule has 0 aliphatic heterocycles. The minimum atomic E-state index is -0.632. The maximum Gasteiger partial charge on any atom is 0.251 e. The van der Waals surface area contributed by atoms with Crippen LogP contribution < -0.4 is 16.2 Å². The number of ether oxygens (including phenoxy) is 1. The van der Waals surface area contributed by atoms with Gasteiger partial charge < -0.3 is 16.2 Å². The van der Waals surface area contributed by atoms with E-state index in [2.05, 4.69) is 25.9 Å². The van der Waals surface area contributed by atoms with Crippen LogP contribution in [0.5, 0.6) is 11.6 Å². The summed E-state index contributed by atoms with van der Waals surface area (Å²) in [7, 11) is 0. The van der Waals surface area contributed by atoms with E-state index in [0.29, 0.717) is 5.75 Å². The first-order chi connectivity index (χ1) is 8.56. The number of primary amides is 1. The molecule has 0 spiro atoms. The van der Waals surface area contributed by atoms with Crippen LogP contribution in [0.3, 0.4) is 0 Å². The molecule has 0 unspecified atom stereocenters. The Morgan fingerprint density at radius 2 is 2.06 bits per heavy atom. The Balaban J connectivity index is 2.30. The number of rotatable bonds is 3. The van der Waals surface area contributed by atoms with E-state index in [0.717, 1.165) is 4.47 Å². The van der Waals surface area contributed by atoms with Crippen molar-refractivity contribution in [3.63, 3.8) is 0 Å². The van der Waals surface area contributed by atoms with Gasteiger partial charge in [0.15, 0.2) is 0 Å². The fourth-order valence-corrected chi connectivity index (χ4v) is 1.63. The predicted molar refractivity (Wildman–Crippen MR) is 69.2 cm³/mol. The van der Waals surface area contributed by atoms with Crippen molar-refractivity contribution in [2.24, 2.45) is 5.73 Å². The highest BCUT2D eigenvalue weighted by Gasteiger charge is 2.09. The molecule has 0 saturated heterocycles. The van der Waals surface area contributed by atoms with Gasteiger partial charge in [-0.05, 0) is 22.0 Å². The average Bonchev–Trinajstić information content (AvgIpc) is 2.31. The summed E-state index contributed by atoms with van der Waals surface area (Å²) in [5.41, 5.74) is 11.1. The number of pyridine rings is 2. The summed E-state index contributed by atoms with van der Waals surface area (Å²) in [4.78, 5) is 19.0. The van der Waals surface area contributed by atoms with Crippen molar-refractivity contribution in [1.29, 1.82) is 0 Å². The fraction of sp³-hybridized carbons (Fsp3) is 0. The lowest BCUT2D eigenvalue weighted by Gasteiger charge is -2.07. The van der Waals surface area contributed by atoms with Gasteiger partial charge in [-0.3, -0.25) is 9.78 Å². The van der Waals surface area contributed by atoms with E-state index in [9.17, 15) is 4.79 Å². The molecule has 2 aromatic heterocycles. The second-order valence-electron chi connectivity index (χ2n) is 3.41. The third-order valence-corrected chi connectivity index (χ3v) is 2.51. The van der Waals surface area contributed by atoms with Crippen LogP contribution in [0.2, 0.25) is 0 Å². The van der Waals surface area contributed by atoms with Crippen LogP contribution in [-0.4, -0.2) is 15.9 Å². The first-order valence-corrected chi connectivity index (χ1v) is 5.69. The molecule has 0 aliphatic rings. The third kappa shape index (κ3) is 2.75. The zero-order valence-corrected chi connectivity index (χ0v) is 10.7. The summed E-state index contributed by atoms with van der Waals surface area (Å²) in [5.74, 6) is 0.0714. The molecule has 0 atom stereocenters. The Labute approximate surface area is 111 Å². The lowest BCUT2D eigenvalue weighted by atomic mass is 10.2. The fourth-order valence-electron chi connectivity index (χ4n) is 1.28. The standard InChI is InChI=1S/C11H9BrN4O2/c12-6-1-7(4-15-3-6)18-10-2-8(11(14)17)9(13)5-16-10/h1-5H,13H2,(H2,14,17). The Morgan fingerprint density at radius 3 is 2.72 bits per heavy atom. The van der Waals surface area contributed by atoms with Crippen LogP contribution in [0, 0.1) is 0 Å². The zero-order valence-electron chi connectivity index (χ0n) is 9.13. The predicted octanol–water partition coefficient (Wildman–Crippen LogP) is 1.71. The highest BCUT2D eigenvalue weighted by Crippen LogP contribution is 2.23. The number of hydrogen-bond donors (Lipinski definition) is 2. The highest BCUT2D eigenvalue weighted by molar-refractivity contribution is 9.10. The molecule has 18 heavy (non-hydrogen) atoms. The van der Waals surface area contributed by atoms with Crippen molar-refractivity contribution in [2.75, 3.05) is 5.73 Å². The zero-order chi connectivity index (χ0) is 13.1. The van der Waals surface area contributed by atoms with Crippen LogP contribution in [0.4, 0.5) is 5.69 Å². The molecule has 0 aromatic carbocycles. The largest absolute Gasteiger partial charge is 0.437 e. The van der Waals surface area contributed by atoms with E-state index >= 15 is 0 Å². The minimum absolute atomic E-state index is 0.169. The first-order valence-electron chi connectivity index (χ1n) is 4.90. The molecule has 0 aliphatic carbocycles. The molecule has 92 valence electrons. The number of carbonyl (C=O) groups is 1. The smallest absolute Gasteiger partial charge is 0.251 e. The van der Waals surface area contributed by atoms with E-state index < -0.39 is 5.91 Å². The summed E-state index contributed by atoms with van der Waals surface area (Å²) in [6.07, 6.45) is 4.46. The summed E-state index contributed by atoms with van der Waals surface area (Å²) in [6, 6.07) is 3.10. The number of aromatic nitrogens is 2. The normalized spacial score (nSPS) is 10.1. The lowest BCUT2D eigenvalue weighted by molar-refractivity contribution is 0.100. The average molecular weight is 309 g/mol. The molecular formula is C11H9BrN4O2. The van der Waals surface area contributed by atoms with Gasteiger partial charge in [0, 0.05) is 16.7 Å². The van der Waals surface area contributed by atoms with Crippen molar-refractivity contribution >= 4 is 27.5 Å². The van der Waals surface area contributed by atoms with E-state index in [1.807, 2.05) is 0 Å². The minimum Gasteiger partial charge on any atom is -0.437 e. The summed E-state index contributed by atoms with van der Waals surface area (Å²) in [5, 5.41) is 0. The lowest BCUT2D eigenvalue weighted by Crippen LogP contribution is -2.13. The monoisotopic (exact) mass is 308 g/mol. The molecule has 1 amide bonds. The van der Waals surface area contributed by atoms with Crippen LogP contribution in [0.25, 0.3) is 0 Å². The summed E-state index contributed by atoms with van der Waals surface area (Å²) in [6.45, 7) is 0. The summed E-state index contributed by atoms with van der Waals surface area (Å²) >= 11 is 3.27. The topological polar surface area (TPSA) is 104 Å². The second kappa shape index (κ2) is 5.01. The van der Waals surface area contributed by atoms with Gasteiger partial charge in [-0.25, -0.2) is 4.98 Å². The Kier molecular flexibility index (Phi) is 3.42. The second-order valence-corrected chi connectivity index (χ2v) is 4.33. The number of amides is 1. The first kappa shape index (κ1) is 12.3. The number of nitrogen functional groups attached to an aromatic ring is 1. The Bertz CT molecular complexity index is 603.